The molecule has 1 rings (SSSR count). The fraction of sp³-hybridized carbons (Fsp3) is 0.412. The molecular weight excluding hydrogens is 354 g/mol. The van der Waals surface area contributed by atoms with Crippen molar-refractivity contribution in [2.45, 2.75) is 33.4 Å². The van der Waals surface area contributed by atoms with Gasteiger partial charge in [0.1, 0.15) is 5.75 Å². The highest BCUT2D eigenvalue weighted by Crippen LogP contribution is 2.25. The zero-order chi connectivity index (χ0) is 19.0. The zero-order valence-electron chi connectivity index (χ0n) is 14.3. The molecule has 8 heteroatoms. The van der Waals surface area contributed by atoms with Crippen molar-refractivity contribution in [1.82, 2.24) is 10.2 Å². The van der Waals surface area contributed by atoms with E-state index < -0.39 is 12.5 Å². The molecule has 0 bridgehead atoms. The average molecular weight is 375 g/mol. The standard InChI is InChI=1S/C17H21ClF2N2O3/c1-4-22(10-15(23)21-11(2)3)16(24)8-5-12-9-13(18)6-7-14(12)25-17(19)20/h5-9,11,17H,4,10H2,1-3H3,(H,21,23)/b8-5+. The molecule has 0 fully saturated rings. The molecule has 0 spiro atoms. The van der Waals surface area contributed by atoms with Gasteiger partial charge in [0, 0.05) is 29.2 Å². The first-order valence-corrected chi connectivity index (χ1v) is 8.11. The predicted molar refractivity (Wildman–Crippen MR) is 92.7 cm³/mol. The molecule has 0 radical (unpaired) electrons. The van der Waals surface area contributed by atoms with Crippen LogP contribution in [0.5, 0.6) is 5.75 Å². The summed E-state index contributed by atoms with van der Waals surface area (Å²) in [6.45, 7) is 2.62. The van der Waals surface area contributed by atoms with Gasteiger partial charge >= 0.3 is 6.61 Å². The second-order valence-electron chi connectivity index (χ2n) is 5.47. The molecule has 0 aliphatic carbocycles. The monoisotopic (exact) mass is 374 g/mol. The van der Waals surface area contributed by atoms with Gasteiger partial charge in [-0.1, -0.05) is 11.6 Å². The van der Waals surface area contributed by atoms with Crippen molar-refractivity contribution in [2.24, 2.45) is 0 Å². The number of hydrogen-bond donors (Lipinski definition) is 1. The van der Waals surface area contributed by atoms with Gasteiger partial charge in [0.25, 0.3) is 0 Å². The molecule has 5 nitrogen and oxygen atoms in total. The van der Waals surface area contributed by atoms with E-state index in [1.807, 2.05) is 13.8 Å². The Morgan fingerprint density at radius 2 is 2.04 bits per heavy atom. The Labute approximate surface area is 150 Å². The highest BCUT2D eigenvalue weighted by atomic mass is 35.5. The van der Waals surface area contributed by atoms with Crippen molar-refractivity contribution in [1.29, 1.82) is 0 Å². The number of amides is 2. The van der Waals surface area contributed by atoms with Crippen LogP contribution < -0.4 is 10.1 Å². The number of carbonyl (C=O) groups is 2. The van der Waals surface area contributed by atoms with Crippen molar-refractivity contribution >= 4 is 29.5 Å². The number of ether oxygens (including phenoxy) is 1. The van der Waals surface area contributed by atoms with E-state index in [1.165, 1.54) is 35.3 Å². The predicted octanol–water partition coefficient (Wildman–Crippen LogP) is 3.33. The van der Waals surface area contributed by atoms with E-state index in [4.69, 9.17) is 11.6 Å². The number of rotatable bonds is 8. The second kappa shape index (κ2) is 9.98. The Hall–Kier alpha value is -2.15. The summed E-state index contributed by atoms with van der Waals surface area (Å²) >= 11 is 5.85. The molecule has 0 heterocycles. The molecule has 138 valence electrons. The van der Waals surface area contributed by atoms with Crippen molar-refractivity contribution in [3.63, 3.8) is 0 Å². The van der Waals surface area contributed by atoms with Crippen molar-refractivity contribution < 1.29 is 23.1 Å². The Morgan fingerprint density at radius 1 is 1.36 bits per heavy atom. The van der Waals surface area contributed by atoms with E-state index >= 15 is 0 Å². The Kier molecular flexibility index (Phi) is 8.34. The lowest BCUT2D eigenvalue weighted by molar-refractivity contribution is -0.132. The highest BCUT2D eigenvalue weighted by Gasteiger charge is 2.14. The van der Waals surface area contributed by atoms with Gasteiger partial charge in [0.05, 0.1) is 6.54 Å². The van der Waals surface area contributed by atoms with Gasteiger partial charge in [-0.15, -0.1) is 0 Å². The molecule has 0 atom stereocenters. The van der Waals surface area contributed by atoms with E-state index in [2.05, 4.69) is 10.1 Å². The van der Waals surface area contributed by atoms with Gasteiger partial charge in [-0.05, 0) is 45.0 Å². The van der Waals surface area contributed by atoms with Crippen LogP contribution in [0.2, 0.25) is 5.02 Å². The Morgan fingerprint density at radius 3 is 2.60 bits per heavy atom. The van der Waals surface area contributed by atoms with Crippen molar-refractivity contribution in [3.05, 3.63) is 34.9 Å². The number of likely N-dealkylation sites (N-methyl/N-ethyl adjacent to an activating group) is 1. The Balaban J connectivity index is 2.86. The molecule has 2 amide bonds. The first kappa shape index (κ1) is 20.9. The summed E-state index contributed by atoms with van der Waals surface area (Å²) in [6, 6.07) is 4.09. The SMILES string of the molecule is CCN(CC(=O)NC(C)C)C(=O)/C=C/c1cc(Cl)ccc1OC(F)F. The van der Waals surface area contributed by atoms with Crippen LogP contribution in [-0.2, 0) is 9.59 Å². The molecule has 0 unspecified atom stereocenters. The van der Waals surface area contributed by atoms with Crippen LogP contribution in [0.1, 0.15) is 26.3 Å². The summed E-state index contributed by atoms with van der Waals surface area (Å²) in [6.07, 6.45) is 2.52. The number of nitrogens with one attached hydrogen (secondary N) is 1. The zero-order valence-corrected chi connectivity index (χ0v) is 15.0. The molecule has 1 aromatic rings. The van der Waals surface area contributed by atoms with Crippen molar-refractivity contribution in [3.8, 4) is 5.75 Å². The number of hydrogen-bond acceptors (Lipinski definition) is 3. The molecule has 1 N–H and O–H groups in total. The third-order valence-electron chi connectivity index (χ3n) is 3.07. The van der Waals surface area contributed by atoms with Gasteiger partial charge in [-0.3, -0.25) is 9.59 Å². The summed E-state index contributed by atoms with van der Waals surface area (Å²) < 4.78 is 29.3. The van der Waals surface area contributed by atoms with Gasteiger partial charge in [0.15, 0.2) is 0 Å². The normalized spacial score (nSPS) is 11.2. The van der Waals surface area contributed by atoms with E-state index in [0.29, 0.717) is 11.6 Å². The van der Waals surface area contributed by atoms with Gasteiger partial charge in [0.2, 0.25) is 11.8 Å². The van der Waals surface area contributed by atoms with Crippen LogP contribution in [0.25, 0.3) is 6.08 Å². The minimum Gasteiger partial charge on any atom is -0.434 e. The number of benzene rings is 1. The fourth-order valence-corrected chi connectivity index (χ4v) is 2.19. The quantitative estimate of drug-likeness (QED) is 0.710. The van der Waals surface area contributed by atoms with Crippen LogP contribution in [-0.4, -0.2) is 42.5 Å². The first-order chi connectivity index (χ1) is 11.7. The highest BCUT2D eigenvalue weighted by molar-refractivity contribution is 6.30. The van der Waals surface area contributed by atoms with Crippen LogP contribution in [0.3, 0.4) is 0 Å². The van der Waals surface area contributed by atoms with Crippen molar-refractivity contribution in [2.75, 3.05) is 13.1 Å². The smallest absolute Gasteiger partial charge is 0.387 e. The van der Waals surface area contributed by atoms with E-state index in [1.54, 1.807) is 6.92 Å². The maximum Gasteiger partial charge on any atom is 0.387 e. The molecule has 0 aliphatic heterocycles. The van der Waals surface area contributed by atoms with E-state index in [-0.39, 0.29) is 29.8 Å². The third kappa shape index (κ3) is 7.51. The summed E-state index contributed by atoms with van der Waals surface area (Å²) in [7, 11) is 0. The molecule has 25 heavy (non-hydrogen) atoms. The van der Waals surface area contributed by atoms with Gasteiger partial charge in [-0.25, -0.2) is 0 Å². The lowest BCUT2D eigenvalue weighted by atomic mass is 10.2. The van der Waals surface area contributed by atoms with Gasteiger partial charge in [-0.2, -0.15) is 8.78 Å². The molecule has 0 aromatic heterocycles. The lowest BCUT2D eigenvalue weighted by Gasteiger charge is -2.19. The average Bonchev–Trinajstić information content (AvgIpc) is 2.51. The first-order valence-electron chi connectivity index (χ1n) is 7.73. The number of alkyl halides is 2. The summed E-state index contributed by atoms with van der Waals surface area (Å²) in [5, 5.41) is 3.01. The minimum atomic E-state index is -2.99. The minimum absolute atomic E-state index is 0.0302. The topological polar surface area (TPSA) is 58.6 Å². The molecule has 0 saturated heterocycles. The van der Waals surface area contributed by atoms with E-state index in [0.717, 1.165) is 0 Å². The van der Waals surface area contributed by atoms with Crippen LogP contribution >= 0.6 is 11.6 Å². The summed E-state index contributed by atoms with van der Waals surface area (Å²) in [4.78, 5) is 25.3. The Bertz CT molecular complexity index is 636. The van der Waals surface area contributed by atoms with E-state index in [9.17, 15) is 18.4 Å². The maximum absolute atomic E-state index is 12.4. The number of carbonyl (C=O) groups excluding carboxylic acids is 2. The summed E-state index contributed by atoms with van der Waals surface area (Å²) in [5.74, 6) is -0.795. The van der Waals surface area contributed by atoms with Crippen LogP contribution in [0, 0.1) is 0 Å². The number of nitrogens with zero attached hydrogens (tertiary/aromatic N) is 1. The summed E-state index contributed by atoms with van der Waals surface area (Å²) in [5.41, 5.74) is 0.240. The third-order valence-corrected chi connectivity index (χ3v) is 3.31. The van der Waals surface area contributed by atoms with Gasteiger partial charge < -0.3 is 15.0 Å². The van der Waals surface area contributed by atoms with Crippen LogP contribution in [0.15, 0.2) is 24.3 Å². The maximum atomic E-state index is 12.4. The fourth-order valence-electron chi connectivity index (χ4n) is 2.01. The molecule has 1 aromatic carbocycles. The van der Waals surface area contributed by atoms with Crippen LogP contribution in [0.4, 0.5) is 8.78 Å². The number of halogens is 3. The molecule has 0 aliphatic rings. The lowest BCUT2D eigenvalue weighted by Crippen LogP contribution is -2.42. The molecule has 0 saturated carbocycles. The molecular formula is C17H21ClF2N2O3. The second-order valence-corrected chi connectivity index (χ2v) is 5.91. The largest absolute Gasteiger partial charge is 0.434 e.